The number of carbonyl (C=O) groups excluding carboxylic acids is 1. The standard InChI is InChI=1S/C19H21N3O2S2/c1-4-20-16(23)12(3)26-19-21-17-15(18(24)22(19)5-2)14(11-25-17)13-9-7-6-8-10-13/h6-12H,4-5H2,1-3H3,(H,20,23)/t12-/m1/s1. The average molecular weight is 388 g/mol. The van der Waals surface area contributed by atoms with Crippen LogP contribution in [0.25, 0.3) is 21.3 Å². The van der Waals surface area contributed by atoms with E-state index in [1.807, 2.05) is 56.5 Å². The fraction of sp³-hybridized carbons (Fsp3) is 0.316. The summed E-state index contributed by atoms with van der Waals surface area (Å²) in [6.45, 7) is 6.73. The Morgan fingerprint density at radius 2 is 2.04 bits per heavy atom. The van der Waals surface area contributed by atoms with Gasteiger partial charge in [-0.3, -0.25) is 14.2 Å². The molecule has 26 heavy (non-hydrogen) atoms. The number of thiophene rings is 1. The number of nitrogens with zero attached hydrogens (tertiary/aromatic N) is 2. The number of nitrogens with one attached hydrogen (secondary N) is 1. The lowest BCUT2D eigenvalue weighted by molar-refractivity contribution is -0.120. The topological polar surface area (TPSA) is 64.0 Å². The summed E-state index contributed by atoms with van der Waals surface area (Å²) in [4.78, 5) is 30.6. The van der Waals surface area contributed by atoms with Crippen LogP contribution in [0.5, 0.6) is 0 Å². The van der Waals surface area contributed by atoms with E-state index in [4.69, 9.17) is 4.98 Å². The molecule has 0 saturated heterocycles. The zero-order valence-corrected chi connectivity index (χ0v) is 16.6. The van der Waals surface area contributed by atoms with Crippen molar-refractivity contribution < 1.29 is 4.79 Å². The number of rotatable bonds is 6. The van der Waals surface area contributed by atoms with E-state index < -0.39 is 0 Å². The number of hydrogen-bond acceptors (Lipinski definition) is 5. The zero-order valence-electron chi connectivity index (χ0n) is 15.0. The lowest BCUT2D eigenvalue weighted by atomic mass is 10.1. The second-order valence-electron chi connectivity index (χ2n) is 5.79. The molecule has 7 heteroatoms. The van der Waals surface area contributed by atoms with Crippen LogP contribution in [0.2, 0.25) is 0 Å². The summed E-state index contributed by atoms with van der Waals surface area (Å²) in [6.07, 6.45) is 0. The van der Waals surface area contributed by atoms with Crippen molar-refractivity contribution in [1.82, 2.24) is 14.9 Å². The van der Waals surface area contributed by atoms with Gasteiger partial charge in [-0.15, -0.1) is 11.3 Å². The smallest absolute Gasteiger partial charge is 0.263 e. The molecule has 2 heterocycles. The average Bonchev–Trinajstić information content (AvgIpc) is 3.07. The Bertz CT molecular complexity index is 980. The van der Waals surface area contributed by atoms with Gasteiger partial charge < -0.3 is 5.32 Å². The molecule has 0 aliphatic heterocycles. The number of hydrogen-bond donors (Lipinski definition) is 1. The van der Waals surface area contributed by atoms with Gasteiger partial charge in [-0.1, -0.05) is 42.1 Å². The lowest BCUT2D eigenvalue weighted by Crippen LogP contribution is -2.31. The summed E-state index contributed by atoms with van der Waals surface area (Å²) in [7, 11) is 0. The van der Waals surface area contributed by atoms with Crippen LogP contribution in [0.3, 0.4) is 0 Å². The van der Waals surface area contributed by atoms with Crippen molar-refractivity contribution >= 4 is 39.2 Å². The third-order valence-corrected chi connectivity index (χ3v) is 6.02. The van der Waals surface area contributed by atoms with Crippen LogP contribution in [-0.2, 0) is 11.3 Å². The van der Waals surface area contributed by atoms with Crippen LogP contribution in [-0.4, -0.2) is 27.3 Å². The highest BCUT2D eigenvalue weighted by molar-refractivity contribution is 8.00. The predicted molar refractivity (Wildman–Crippen MR) is 109 cm³/mol. The van der Waals surface area contributed by atoms with Gasteiger partial charge in [-0.25, -0.2) is 4.98 Å². The first kappa shape index (κ1) is 18.7. The Balaban J connectivity index is 2.08. The SMILES string of the molecule is CCNC(=O)[C@@H](C)Sc1nc2scc(-c3ccccc3)c2c(=O)n1CC. The number of fused-ring (bicyclic) bond motifs is 1. The molecule has 0 bridgehead atoms. The molecule has 0 spiro atoms. The zero-order chi connectivity index (χ0) is 18.7. The quantitative estimate of drug-likeness (QED) is 0.517. The molecule has 5 nitrogen and oxygen atoms in total. The van der Waals surface area contributed by atoms with E-state index >= 15 is 0 Å². The first-order chi connectivity index (χ1) is 12.6. The minimum atomic E-state index is -0.314. The van der Waals surface area contributed by atoms with Crippen LogP contribution in [0.1, 0.15) is 20.8 Å². The van der Waals surface area contributed by atoms with Crippen LogP contribution in [0.4, 0.5) is 0 Å². The van der Waals surface area contributed by atoms with Crippen LogP contribution >= 0.6 is 23.1 Å². The second-order valence-corrected chi connectivity index (χ2v) is 7.96. The molecule has 2 aromatic heterocycles. The molecule has 0 radical (unpaired) electrons. The number of carbonyl (C=O) groups is 1. The van der Waals surface area contributed by atoms with Crippen molar-refractivity contribution in [2.45, 2.75) is 37.7 Å². The maximum absolute atomic E-state index is 13.1. The maximum Gasteiger partial charge on any atom is 0.263 e. The molecule has 1 amide bonds. The highest BCUT2D eigenvalue weighted by atomic mass is 32.2. The Morgan fingerprint density at radius 3 is 2.69 bits per heavy atom. The molecule has 1 atom stereocenters. The Kier molecular flexibility index (Phi) is 5.78. The van der Waals surface area contributed by atoms with Crippen molar-refractivity contribution in [3.8, 4) is 11.1 Å². The van der Waals surface area contributed by atoms with Gasteiger partial charge in [0.05, 0.1) is 10.6 Å². The second kappa shape index (κ2) is 8.05. The van der Waals surface area contributed by atoms with Crippen LogP contribution < -0.4 is 10.9 Å². The number of amides is 1. The molecule has 0 saturated carbocycles. The number of thioether (sulfide) groups is 1. The summed E-state index contributed by atoms with van der Waals surface area (Å²) < 4.78 is 1.65. The Hall–Kier alpha value is -2.12. The van der Waals surface area contributed by atoms with Gasteiger partial charge >= 0.3 is 0 Å². The highest BCUT2D eigenvalue weighted by Crippen LogP contribution is 2.32. The fourth-order valence-electron chi connectivity index (χ4n) is 2.73. The maximum atomic E-state index is 13.1. The van der Waals surface area contributed by atoms with Gasteiger partial charge in [0, 0.05) is 24.0 Å². The van der Waals surface area contributed by atoms with E-state index in [0.717, 1.165) is 11.1 Å². The first-order valence-corrected chi connectivity index (χ1v) is 10.3. The van der Waals surface area contributed by atoms with E-state index in [1.54, 1.807) is 4.57 Å². The summed E-state index contributed by atoms with van der Waals surface area (Å²) in [5.74, 6) is -0.0503. The van der Waals surface area contributed by atoms with E-state index in [2.05, 4.69) is 5.32 Å². The third kappa shape index (κ3) is 3.54. The molecule has 0 aliphatic carbocycles. The summed E-state index contributed by atoms with van der Waals surface area (Å²) in [6, 6.07) is 9.87. The highest BCUT2D eigenvalue weighted by Gasteiger charge is 2.20. The van der Waals surface area contributed by atoms with Crippen molar-refractivity contribution in [2.24, 2.45) is 0 Å². The van der Waals surface area contributed by atoms with Gasteiger partial charge in [-0.05, 0) is 26.3 Å². The van der Waals surface area contributed by atoms with E-state index in [9.17, 15) is 9.59 Å². The lowest BCUT2D eigenvalue weighted by Gasteiger charge is -2.14. The molecule has 1 aromatic carbocycles. The fourth-order valence-corrected chi connectivity index (χ4v) is 4.72. The summed E-state index contributed by atoms with van der Waals surface area (Å²) in [5.41, 5.74) is 1.87. The first-order valence-electron chi connectivity index (χ1n) is 8.58. The van der Waals surface area contributed by atoms with Crippen molar-refractivity contribution in [2.75, 3.05) is 6.54 Å². The van der Waals surface area contributed by atoms with Crippen LogP contribution in [0, 0.1) is 0 Å². The molecule has 1 N–H and O–H groups in total. The number of aromatic nitrogens is 2. The van der Waals surface area contributed by atoms with Gasteiger partial charge in [0.15, 0.2) is 5.16 Å². The van der Waals surface area contributed by atoms with E-state index in [1.165, 1.54) is 23.1 Å². The molecule has 0 aliphatic rings. The van der Waals surface area contributed by atoms with Crippen molar-refractivity contribution in [3.05, 3.63) is 46.1 Å². The molecule has 3 aromatic rings. The van der Waals surface area contributed by atoms with Crippen molar-refractivity contribution in [3.63, 3.8) is 0 Å². The van der Waals surface area contributed by atoms with Gasteiger partial charge in [0.25, 0.3) is 5.56 Å². The number of benzene rings is 1. The largest absolute Gasteiger partial charge is 0.355 e. The van der Waals surface area contributed by atoms with Gasteiger partial charge in [0.2, 0.25) is 5.91 Å². The predicted octanol–water partition coefficient (Wildman–Crippen LogP) is 3.76. The summed E-state index contributed by atoms with van der Waals surface area (Å²) in [5, 5.41) is 5.72. The molecule has 3 rings (SSSR count). The van der Waals surface area contributed by atoms with Crippen molar-refractivity contribution in [1.29, 1.82) is 0 Å². The minimum absolute atomic E-state index is 0.0503. The van der Waals surface area contributed by atoms with Gasteiger partial charge in [0.1, 0.15) is 4.83 Å². The normalized spacial score (nSPS) is 12.3. The molecular formula is C19H21N3O2S2. The van der Waals surface area contributed by atoms with E-state index in [-0.39, 0.29) is 16.7 Å². The molecule has 136 valence electrons. The summed E-state index contributed by atoms with van der Waals surface area (Å²) >= 11 is 2.79. The Labute approximate surface area is 160 Å². The Morgan fingerprint density at radius 1 is 1.31 bits per heavy atom. The van der Waals surface area contributed by atoms with Gasteiger partial charge in [-0.2, -0.15) is 0 Å². The van der Waals surface area contributed by atoms with E-state index in [0.29, 0.717) is 28.5 Å². The third-order valence-electron chi connectivity index (χ3n) is 4.06. The minimum Gasteiger partial charge on any atom is -0.355 e. The molecule has 0 fully saturated rings. The van der Waals surface area contributed by atoms with Crippen LogP contribution in [0.15, 0.2) is 45.7 Å². The molecular weight excluding hydrogens is 366 g/mol. The monoisotopic (exact) mass is 387 g/mol. The molecule has 0 unspecified atom stereocenters.